The molecule has 0 saturated heterocycles. The molecule has 0 spiro atoms. The summed E-state index contributed by atoms with van der Waals surface area (Å²) in [6, 6.07) is 0. The molecule has 0 radical (unpaired) electrons. The maximum atomic E-state index is 9.90. The molecule has 0 fully saturated rings. The molecule has 13 heavy (non-hydrogen) atoms. The number of nitrogen functional groups attached to an aromatic ring is 1. The summed E-state index contributed by atoms with van der Waals surface area (Å²) in [6.45, 7) is 0.298. The zero-order valence-corrected chi connectivity index (χ0v) is 9.24. The summed E-state index contributed by atoms with van der Waals surface area (Å²) in [5.41, 5.74) is 5.86. The van der Waals surface area contributed by atoms with Crippen molar-refractivity contribution in [2.75, 3.05) is 5.73 Å². The molecule has 0 atom stereocenters. The van der Waals surface area contributed by atoms with Crippen LogP contribution in [0.2, 0.25) is 5.15 Å². The second-order valence-corrected chi connectivity index (χ2v) is 3.42. The van der Waals surface area contributed by atoms with Crippen molar-refractivity contribution in [2.24, 2.45) is 0 Å². The molecule has 1 aromatic rings. The fraction of sp³-hybridized carbons (Fsp3) is 0.167. The lowest BCUT2D eigenvalue weighted by Crippen LogP contribution is -2.05. The van der Waals surface area contributed by atoms with E-state index in [2.05, 4.69) is 14.7 Å². The standard InChI is InChI=1S/C6H5ClIN3O2/c7-4-5(8)11-6(9)3(10-4)1-13-2-12/h2H,1H2,(H2,9,11). The van der Waals surface area contributed by atoms with Gasteiger partial charge in [0.05, 0.1) is 0 Å². The Hall–Kier alpha value is -0.630. The summed E-state index contributed by atoms with van der Waals surface area (Å²) in [5, 5.41) is 0.249. The molecule has 2 N–H and O–H groups in total. The first-order valence-corrected chi connectivity index (χ1v) is 4.63. The van der Waals surface area contributed by atoms with Gasteiger partial charge < -0.3 is 10.5 Å². The van der Waals surface area contributed by atoms with Crippen LogP contribution in [0.3, 0.4) is 0 Å². The van der Waals surface area contributed by atoms with Gasteiger partial charge in [-0.25, -0.2) is 9.97 Å². The summed E-state index contributed by atoms with van der Waals surface area (Å²) >= 11 is 7.59. The highest BCUT2D eigenvalue weighted by Gasteiger charge is 2.07. The Morgan fingerprint density at radius 2 is 2.31 bits per heavy atom. The van der Waals surface area contributed by atoms with Gasteiger partial charge in [0.15, 0.2) is 5.15 Å². The number of hydrogen-bond acceptors (Lipinski definition) is 5. The number of hydrogen-bond donors (Lipinski definition) is 1. The summed E-state index contributed by atoms with van der Waals surface area (Å²) in [4.78, 5) is 17.7. The lowest BCUT2D eigenvalue weighted by atomic mass is 10.4. The number of carbonyl (C=O) groups excluding carboxylic acids is 1. The smallest absolute Gasteiger partial charge is 0.293 e. The molecule has 0 saturated carbocycles. The van der Waals surface area contributed by atoms with E-state index < -0.39 is 0 Å². The predicted octanol–water partition coefficient (Wildman–Crippen LogP) is 0.990. The highest BCUT2D eigenvalue weighted by atomic mass is 127. The van der Waals surface area contributed by atoms with Crippen LogP contribution in [-0.4, -0.2) is 16.4 Å². The van der Waals surface area contributed by atoms with E-state index in [1.54, 1.807) is 0 Å². The maximum Gasteiger partial charge on any atom is 0.293 e. The third-order valence-electron chi connectivity index (χ3n) is 1.21. The van der Waals surface area contributed by atoms with Crippen molar-refractivity contribution < 1.29 is 9.53 Å². The number of rotatable bonds is 3. The maximum absolute atomic E-state index is 9.90. The Morgan fingerprint density at radius 1 is 1.62 bits per heavy atom. The van der Waals surface area contributed by atoms with Gasteiger partial charge in [-0.1, -0.05) is 11.6 Å². The van der Waals surface area contributed by atoms with Gasteiger partial charge in [0.2, 0.25) is 0 Å². The van der Waals surface area contributed by atoms with Gasteiger partial charge in [-0.15, -0.1) is 0 Å². The molecule has 1 heterocycles. The van der Waals surface area contributed by atoms with Gasteiger partial charge in [0, 0.05) is 0 Å². The largest absolute Gasteiger partial charge is 0.461 e. The van der Waals surface area contributed by atoms with Crippen LogP contribution >= 0.6 is 34.2 Å². The van der Waals surface area contributed by atoms with Crippen LogP contribution in [0.25, 0.3) is 0 Å². The van der Waals surface area contributed by atoms with Gasteiger partial charge in [-0.2, -0.15) is 0 Å². The molecular formula is C6H5ClIN3O2. The Morgan fingerprint density at radius 3 is 2.92 bits per heavy atom. The van der Waals surface area contributed by atoms with E-state index in [1.807, 2.05) is 22.6 Å². The first-order valence-electron chi connectivity index (χ1n) is 3.17. The summed E-state index contributed by atoms with van der Waals surface area (Å²) in [7, 11) is 0. The minimum Gasteiger partial charge on any atom is -0.461 e. The minimum atomic E-state index is -0.0149. The average molecular weight is 313 g/mol. The van der Waals surface area contributed by atoms with E-state index in [4.69, 9.17) is 17.3 Å². The molecule has 0 aliphatic rings. The minimum absolute atomic E-state index is 0.0149. The van der Waals surface area contributed by atoms with Crippen LogP contribution in [0.4, 0.5) is 5.82 Å². The van der Waals surface area contributed by atoms with Crippen molar-refractivity contribution in [2.45, 2.75) is 6.61 Å². The highest BCUT2D eigenvalue weighted by Crippen LogP contribution is 2.17. The number of ether oxygens (including phenoxy) is 1. The van der Waals surface area contributed by atoms with Gasteiger partial charge in [0.1, 0.15) is 21.8 Å². The fourth-order valence-electron chi connectivity index (χ4n) is 0.657. The monoisotopic (exact) mass is 313 g/mol. The molecule has 1 rings (SSSR count). The van der Waals surface area contributed by atoms with E-state index in [-0.39, 0.29) is 17.6 Å². The van der Waals surface area contributed by atoms with E-state index in [1.165, 1.54) is 0 Å². The van der Waals surface area contributed by atoms with Crippen LogP contribution in [-0.2, 0) is 16.1 Å². The lowest BCUT2D eigenvalue weighted by molar-refractivity contribution is -0.129. The Labute approximate surface area is 92.8 Å². The molecule has 0 aliphatic carbocycles. The second-order valence-electron chi connectivity index (χ2n) is 2.04. The zero-order chi connectivity index (χ0) is 9.84. The molecule has 0 aliphatic heterocycles. The number of carbonyl (C=O) groups is 1. The van der Waals surface area contributed by atoms with Crippen molar-refractivity contribution in [3.05, 3.63) is 14.5 Å². The van der Waals surface area contributed by atoms with Gasteiger partial charge in [0.25, 0.3) is 6.47 Å². The summed E-state index contributed by atoms with van der Waals surface area (Å²) in [6.07, 6.45) is 0. The molecule has 1 aromatic heterocycles. The van der Waals surface area contributed by atoms with Crippen LogP contribution < -0.4 is 5.73 Å². The van der Waals surface area contributed by atoms with E-state index >= 15 is 0 Å². The lowest BCUT2D eigenvalue weighted by Gasteiger charge is -2.03. The Balaban J connectivity index is 2.94. The van der Waals surface area contributed by atoms with E-state index in [0.29, 0.717) is 15.9 Å². The number of anilines is 1. The van der Waals surface area contributed by atoms with Crippen molar-refractivity contribution in [1.29, 1.82) is 0 Å². The SMILES string of the molecule is Nc1nc(I)c(Cl)nc1COC=O. The van der Waals surface area contributed by atoms with Gasteiger partial charge in [-0.05, 0) is 22.6 Å². The number of aromatic nitrogens is 2. The quantitative estimate of drug-likeness (QED) is 0.665. The molecule has 7 heteroatoms. The van der Waals surface area contributed by atoms with Crippen molar-refractivity contribution in [1.82, 2.24) is 9.97 Å². The molecule has 0 aromatic carbocycles. The zero-order valence-electron chi connectivity index (χ0n) is 6.33. The Bertz CT molecular complexity index is 334. The normalized spacial score (nSPS) is 9.69. The summed E-state index contributed by atoms with van der Waals surface area (Å²) in [5.74, 6) is 0.218. The van der Waals surface area contributed by atoms with Crippen molar-refractivity contribution in [3.8, 4) is 0 Å². The first-order chi connectivity index (χ1) is 6.15. The molecule has 5 nitrogen and oxygen atoms in total. The van der Waals surface area contributed by atoms with Gasteiger partial charge in [-0.3, -0.25) is 4.79 Å². The third kappa shape index (κ3) is 2.66. The number of halogens is 2. The molecule has 0 bridgehead atoms. The molecular weight excluding hydrogens is 308 g/mol. The number of nitrogens with zero attached hydrogens (tertiary/aromatic N) is 2. The average Bonchev–Trinajstić information content (AvgIpc) is 2.09. The van der Waals surface area contributed by atoms with Crippen molar-refractivity contribution >= 4 is 46.5 Å². The van der Waals surface area contributed by atoms with Crippen LogP contribution in [0.1, 0.15) is 5.69 Å². The van der Waals surface area contributed by atoms with Crippen molar-refractivity contribution in [3.63, 3.8) is 0 Å². The Kier molecular flexibility index (Phi) is 3.67. The predicted molar refractivity (Wildman–Crippen MR) is 55.0 cm³/mol. The molecule has 70 valence electrons. The third-order valence-corrected chi connectivity index (χ3v) is 2.54. The van der Waals surface area contributed by atoms with E-state index in [0.717, 1.165) is 0 Å². The number of nitrogens with two attached hydrogens (primary N) is 1. The van der Waals surface area contributed by atoms with Crippen LogP contribution in [0, 0.1) is 3.70 Å². The van der Waals surface area contributed by atoms with E-state index in [9.17, 15) is 4.79 Å². The van der Waals surface area contributed by atoms with Crippen LogP contribution in [0.15, 0.2) is 0 Å². The molecule has 0 amide bonds. The van der Waals surface area contributed by atoms with Crippen LogP contribution in [0.5, 0.6) is 0 Å². The van der Waals surface area contributed by atoms with Gasteiger partial charge >= 0.3 is 0 Å². The fourth-order valence-corrected chi connectivity index (χ4v) is 1.18. The second kappa shape index (κ2) is 4.56. The molecule has 0 unspecified atom stereocenters. The summed E-state index contributed by atoms with van der Waals surface area (Å²) < 4.78 is 4.99. The highest BCUT2D eigenvalue weighted by molar-refractivity contribution is 14.1. The first kappa shape index (κ1) is 10.5. The topological polar surface area (TPSA) is 78.1 Å².